The maximum absolute atomic E-state index is 6.08. The molecule has 0 aromatic rings. The summed E-state index contributed by atoms with van der Waals surface area (Å²) in [5, 5.41) is 3.70. The molecule has 2 fully saturated rings. The van der Waals surface area contributed by atoms with E-state index in [4.69, 9.17) is 9.31 Å². The first-order chi connectivity index (χ1) is 8.82. The highest BCUT2D eigenvalue weighted by molar-refractivity contribution is 6.51. The molecule has 0 atom stereocenters. The van der Waals surface area contributed by atoms with Crippen LogP contribution in [-0.4, -0.2) is 29.4 Å². The van der Waals surface area contributed by atoms with Gasteiger partial charge in [0, 0.05) is 11.1 Å². The second-order valence-corrected chi connectivity index (χ2v) is 8.70. The van der Waals surface area contributed by atoms with E-state index < -0.39 is 0 Å². The minimum absolute atomic E-state index is 0.122. The first-order valence-corrected chi connectivity index (χ1v) is 7.67. The van der Waals surface area contributed by atoms with Crippen molar-refractivity contribution >= 4 is 7.12 Å². The van der Waals surface area contributed by atoms with Gasteiger partial charge in [-0.2, -0.15) is 0 Å². The molecule has 2 heterocycles. The third-order valence-corrected chi connectivity index (χ3v) is 4.66. The van der Waals surface area contributed by atoms with Gasteiger partial charge in [0.05, 0.1) is 11.2 Å². The average molecular weight is 279 g/mol. The molecule has 2 aliphatic heterocycles. The van der Waals surface area contributed by atoms with Gasteiger partial charge in [-0.25, -0.2) is 0 Å². The van der Waals surface area contributed by atoms with Gasteiger partial charge in [-0.1, -0.05) is 11.5 Å². The molecule has 2 rings (SSSR count). The van der Waals surface area contributed by atoms with Gasteiger partial charge in [0.15, 0.2) is 0 Å². The third-order valence-electron chi connectivity index (χ3n) is 4.66. The number of rotatable bonds is 1. The lowest BCUT2D eigenvalue weighted by Crippen LogP contribution is -2.56. The summed E-state index contributed by atoms with van der Waals surface area (Å²) in [4.78, 5) is 0. The molecule has 2 aliphatic rings. The van der Waals surface area contributed by atoms with Crippen molar-refractivity contribution in [3.8, 4) is 0 Å². The number of piperidine rings is 1. The molecule has 114 valence electrons. The van der Waals surface area contributed by atoms with E-state index in [9.17, 15) is 0 Å². The van der Waals surface area contributed by atoms with Crippen molar-refractivity contribution in [3.05, 3.63) is 11.5 Å². The Hall–Kier alpha value is -0.315. The van der Waals surface area contributed by atoms with Crippen LogP contribution in [0.1, 0.15) is 68.2 Å². The maximum Gasteiger partial charge on any atom is 0.487 e. The van der Waals surface area contributed by atoms with Crippen LogP contribution in [0.2, 0.25) is 0 Å². The Bertz CT molecular complexity index is 390. The van der Waals surface area contributed by atoms with E-state index in [2.05, 4.69) is 66.7 Å². The van der Waals surface area contributed by atoms with Crippen LogP contribution in [0.15, 0.2) is 11.5 Å². The lowest BCUT2D eigenvalue weighted by molar-refractivity contribution is 0.00578. The highest BCUT2D eigenvalue weighted by Crippen LogP contribution is 2.39. The maximum atomic E-state index is 6.08. The van der Waals surface area contributed by atoms with Crippen LogP contribution in [-0.2, 0) is 9.31 Å². The molecule has 0 bridgehead atoms. The molecule has 3 nitrogen and oxygen atoms in total. The van der Waals surface area contributed by atoms with Gasteiger partial charge in [-0.05, 0) is 68.2 Å². The Morgan fingerprint density at radius 3 is 1.65 bits per heavy atom. The molecular formula is C16H30BNO2. The molecule has 0 unspecified atom stereocenters. The monoisotopic (exact) mass is 279 g/mol. The van der Waals surface area contributed by atoms with Gasteiger partial charge in [0.2, 0.25) is 0 Å². The van der Waals surface area contributed by atoms with Crippen molar-refractivity contribution in [1.29, 1.82) is 0 Å². The zero-order chi connectivity index (χ0) is 15.4. The SMILES string of the molecule is CC1(C)CC(=CB2OC(C)(C)C(C)(C)O2)CC(C)(C)N1. The molecule has 0 saturated carbocycles. The van der Waals surface area contributed by atoms with Crippen LogP contribution in [0.3, 0.4) is 0 Å². The van der Waals surface area contributed by atoms with Crippen molar-refractivity contribution in [3.63, 3.8) is 0 Å². The summed E-state index contributed by atoms with van der Waals surface area (Å²) in [5.74, 6) is 2.20. The van der Waals surface area contributed by atoms with Gasteiger partial charge >= 0.3 is 7.12 Å². The first-order valence-electron chi connectivity index (χ1n) is 7.67. The Balaban J connectivity index is 2.16. The standard InChI is InChI=1S/C16H30BNO2/c1-13(2)9-12(10-14(3,4)18-13)11-17-19-15(5,6)16(7,8)20-17/h11,18H,9-10H2,1-8H3. The summed E-state index contributed by atoms with van der Waals surface area (Å²) in [6, 6.07) is 0. The Morgan fingerprint density at radius 2 is 1.25 bits per heavy atom. The minimum Gasteiger partial charge on any atom is -0.400 e. The fraction of sp³-hybridized carbons (Fsp3) is 0.875. The molecule has 0 aromatic heterocycles. The lowest BCUT2D eigenvalue weighted by atomic mass is 9.75. The summed E-state index contributed by atoms with van der Waals surface area (Å²) in [5.41, 5.74) is 1.16. The number of nitrogens with one attached hydrogen (secondary N) is 1. The van der Waals surface area contributed by atoms with Gasteiger partial charge < -0.3 is 14.6 Å². The minimum atomic E-state index is -0.257. The molecule has 2 saturated heterocycles. The van der Waals surface area contributed by atoms with Crippen LogP contribution in [0.4, 0.5) is 0 Å². The summed E-state index contributed by atoms with van der Waals surface area (Å²) in [6.45, 7) is 17.4. The van der Waals surface area contributed by atoms with Crippen LogP contribution in [0.5, 0.6) is 0 Å². The van der Waals surface area contributed by atoms with Crippen molar-refractivity contribution in [2.45, 2.75) is 90.5 Å². The van der Waals surface area contributed by atoms with Crippen molar-refractivity contribution in [2.24, 2.45) is 0 Å². The molecule has 1 N–H and O–H groups in total. The summed E-state index contributed by atoms with van der Waals surface area (Å²) >= 11 is 0. The van der Waals surface area contributed by atoms with Crippen LogP contribution >= 0.6 is 0 Å². The fourth-order valence-corrected chi connectivity index (χ4v) is 3.47. The van der Waals surface area contributed by atoms with E-state index in [1.165, 1.54) is 5.57 Å². The van der Waals surface area contributed by atoms with Crippen LogP contribution in [0, 0.1) is 0 Å². The van der Waals surface area contributed by atoms with E-state index in [-0.39, 0.29) is 29.4 Å². The summed E-state index contributed by atoms with van der Waals surface area (Å²) in [7, 11) is -0.223. The van der Waals surface area contributed by atoms with E-state index in [0.717, 1.165) is 12.8 Å². The zero-order valence-electron chi connectivity index (χ0n) is 14.4. The molecule has 4 heteroatoms. The largest absolute Gasteiger partial charge is 0.487 e. The predicted molar refractivity (Wildman–Crippen MR) is 84.7 cm³/mol. The number of hydrogen-bond donors (Lipinski definition) is 1. The van der Waals surface area contributed by atoms with E-state index in [0.29, 0.717) is 0 Å². The quantitative estimate of drug-likeness (QED) is 0.745. The second-order valence-electron chi connectivity index (χ2n) is 8.70. The van der Waals surface area contributed by atoms with Gasteiger partial charge in [-0.15, -0.1) is 0 Å². The zero-order valence-corrected chi connectivity index (χ0v) is 14.4. The first kappa shape index (κ1) is 16.1. The predicted octanol–water partition coefficient (Wildman–Crippen LogP) is 3.48. The fourth-order valence-electron chi connectivity index (χ4n) is 3.47. The highest BCUT2D eigenvalue weighted by Gasteiger charge is 2.50. The van der Waals surface area contributed by atoms with Gasteiger partial charge in [-0.3, -0.25) is 0 Å². The van der Waals surface area contributed by atoms with Crippen molar-refractivity contribution in [2.75, 3.05) is 0 Å². The third kappa shape index (κ3) is 3.29. The normalized spacial score (nSPS) is 30.4. The van der Waals surface area contributed by atoms with Crippen LogP contribution < -0.4 is 5.32 Å². The molecule has 0 radical (unpaired) electrons. The average Bonchev–Trinajstić information content (AvgIpc) is 2.27. The van der Waals surface area contributed by atoms with Gasteiger partial charge in [0.1, 0.15) is 0 Å². The smallest absolute Gasteiger partial charge is 0.400 e. The molecule has 0 spiro atoms. The summed E-state index contributed by atoms with van der Waals surface area (Å²) in [6.07, 6.45) is 2.08. The molecule has 0 aromatic carbocycles. The van der Waals surface area contributed by atoms with Gasteiger partial charge in [0.25, 0.3) is 0 Å². The highest BCUT2D eigenvalue weighted by atomic mass is 16.7. The van der Waals surface area contributed by atoms with Crippen molar-refractivity contribution in [1.82, 2.24) is 5.32 Å². The van der Waals surface area contributed by atoms with E-state index in [1.807, 2.05) is 0 Å². The topological polar surface area (TPSA) is 30.5 Å². The summed E-state index contributed by atoms with van der Waals surface area (Å²) < 4.78 is 12.2. The van der Waals surface area contributed by atoms with E-state index in [1.54, 1.807) is 0 Å². The van der Waals surface area contributed by atoms with E-state index >= 15 is 0 Å². The Labute approximate surface area is 124 Å². The Kier molecular flexibility index (Phi) is 3.69. The number of hydrogen-bond acceptors (Lipinski definition) is 3. The van der Waals surface area contributed by atoms with Crippen LogP contribution in [0.25, 0.3) is 0 Å². The molecule has 0 amide bonds. The second kappa shape index (κ2) is 4.59. The molecule has 20 heavy (non-hydrogen) atoms. The Morgan fingerprint density at radius 1 is 0.850 bits per heavy atom. The molecular weight excluding hydrogens is 249 g/mol. The molecule has 0 aliphatic carbocycles. The lowest BCUT2D eigenvalue weighted by Gasteiger charge is -2.44. The van der Waals surface area contributed by atoms with Crippen molar-refractivity contribution < 1.29 is 9.31 Å².